The number of thiocarbonyl (C=S) groups is 1. The van der Waals surface area contributed by atoms with Crippen molar-refractivity contribution in [3.05, 3.63) is 23.0 Å². The number of rotatable bonds is 4. The molecule has 0 saturated heterocycles. The Morgan fingerprint density at radius 1 is 1.52 bits per heavy atom. The molecule has 7 heteroatoms. The maximum atomic E-state index is 13.6. The van der Waals surface area contributed by atoms with Gasteiger partial charge in [-0.2, -0.15) is 4.99 Å². The molecule has 0 aliphatic rings. The minimum Gasteiger partial charge on any atom is -0.459 e. The first-order valence-electron chi connectivity index (χ1n) is 6.10. The predicted molar refractivity (Wildman–Crippen MR) is 87.3 cm³/mol. The van der Waals surface area contributed by atoms with E-state index in [0.717, 1.165) is 6.07 Å². The number of carbonyl (C=O) groups is 1. The first-order chi connectivity index (χ1) is 9.64. The van der Waals surface area contributed by atoms with Crippen LogP contribution in [0.1, 0.15) is 27.7 Å². The SMILES string of the molecule is CC(Sc1cc(N=C=S)c(F)cc1Cl)C(=O)OC(C)(C)C. The van der Waals surface area contributed by atoms with Gasteiger partial charge in [-0.25, -0.2) is 4.39 Å². The molecular formula is C14H15ClFNO2S2. The standard InChI is InChI=1S/C14H15ClFNO2S2/c1-8(13(18)19-14(2,3)4)21-12-6-11(17-7-20)10(16)5-9(12)15/h5-6,8H,1-4H3. The Bertz CT molecular complexity index is 595. The molecule has 0 aliphatic heterocycles. The van der Waals surface area contributed by atoms with Gasteiger partial charge >= 0.3 is 5.97 Å². The number of isothiocyanates is 1. The van der Waals surface area contributed by atoms with Crippen LogP contribution >= 0.6 is 35.6 Å². The van der Waals surface area contributed by atoms with Crippen LogP contribution in [0, 0.1) is 5.82 Å². The minimum absolute atomic E-state index is 0.0355. The maximum absolute atomic E-state index is 13.6. The molecule has 114 valence electrons. The van der Waals surface area contributed by atoms with Gasteiger partial charge in [0.15, 0.2) is 5.82 Å². The molecule has 1 aromatic carbocycles. The van der Waals surface area contributed by atoms with E-state index in [0.29, 0.717) is 4.90 Å². The van der Waals surface area contributed by atoms with Gasteiger partial charge in [-0.3, -0.25) is 4.79 Å². The molecule has 1 rings (SSSR count). The summed E-state index contributed by atoms with van der Waals surface area (Å²) >= 11 is 11.6. The highest BCUT2D eigenvalue weighted by Crippen LogP contribution is 2.35. The van der Waals surface area contributed by atoms with Gasteiger partial charge in [0.2, 0.25) is 0 Å². The molecule has 0 bridgehead atoms. The van der Waals surface area contributed by atoms with Crippen LogP contribution in [0.4, 0.5) is 10.1 Å². The monoisotopic (exact) mass is 347 g/mol. The van der Waals surface area contributed by atoms with E-state index in [1.54, 1.807) is 27.7 Å². The Labute approximate surface area is 137 Å². The molecule has 0 aromatic heterocycles. The minimum atomic E-state index is -0.591. The molecular weight excluding hydrogens is 333 g/mol. The largest absolute Gasteiger partial charge is 0.459 e. The molecule has 0 amide bonds. The fourth-order valence-corrected chi connectivity index (χ4v) is 2.63. The van der Waals surface area contributed by atoms with Crippen molar-refractivity contribution in [3.8, 4) is 0 Å². The quantitative estimate of drug-likeness (QED) is 0.331. The van der Waals surface area contributed by atoms with Crippen LogP contribution in [-0.4, -0.2) is 22.0 Å². The van der Waals surface area contributed by atoms with E-state index >= 15 is 0 Å². The second-order valence-electron chi connectivity index (χ2n) is 5.23. The average Bonchev–Trinajstić information content (AvgIpc) is 2.33. The van der Waals surface area contributed by atoms with Gasteiger partial charge in [-0.1, -0.05) is 11.6 Å². The molecule has 0 heterocycles. The molecule has 0 radical (unpaired) electrons. The number of hydrogen-bond acceptors (Lipinski definition) is 5. The topological polar surface area (TPSA) is 38.7 Å². The predicted octanol–water partition coefficient (Wildman–Crippen LogP) is 5.04. The van der Waals surface area contributed by atoms with E-state index in [9.17, 15) is 9.18 Å². The van der Waals surface area contributed by atoms with E-state index in [1.807, 2.05) is 0 Å². The van der Waals surface area contributed by atoms with Crippen molar-refractivity contribution >= 4 is 52.4 Å². The van der Waals surface area contributed by atoms with Gasteiger partial charge in [0.1, 0.15) is 16.5 Å². The number of benzene rings is 1. The van der Waals surface area contributed by atoms with Crippen molar-refractivity contribution in [2.45, 2.75) is 43.4 Å². The van der Waals surface area contributed by atoms with Gasteiger partial charge in [-0.15, -0.1) is 11.8 Å². The van der Waals surface area contributed by atoms with Crippen molar-refractivity contribution in [3.63, 3.8) is 0 Å². The Hall–Kier alpha value is -0.940. The summed E-state index contributed by atoms with van der Waals surface area (Å²) in [6, 6.07) is 2.57. The molecule has 0 fully saturated rings. The van der Waals surface area contributed by atoms with Crippen molar-refractivity contribution in [1.29, 1.82) is 0 Å². The smallest absolute Gasteiger partial charge is 0.319 e. The van der Waals surface area contributed by atoms with Gasteiger partial charge in [0, 0.05) is 4.90 Å². The Morgan fingerprint density at radius 3 is 2.67 bits per heavy atom. The van der Waals surface area contributed by atoms with Gasteiger partial charge in [0.25, 0.3) is 0 Å². The fraction of sp³-hybridized carbons (Fsp3) is 0.429. The summed E-state index contributed by atoms with van der Waals surface area (Å²) in [6.07, 6.45) is 0. The second-order valence-corrected chi connectivity index (χ2v) is 7.20. The second kappa shape index (κ2) is 7.36. The number of hydrogen-bond donors (Lipinski definition) is 0. The highest BCUT2D eigenvalue weighted by molar-refractivity contribution is 8.00. The van der Waals surface area contributed by atoms with Crippen LogP contribution in [0.3, 0.4) is 0 Å². The van der Waals surface area contributed by atoms with Gasteiger partial charge < -0.3 is 4.74 Å². The van der Waals surface area contributed by atoms with E-state index < -0.39 is 16.7 Å². The third-order valence-corrected chi connectivity index (χ3v) is 3.86. The Balaban J connectivity index is 2.94. The van der Waals surface area contributed by atoms with Crippen LogP contribution in [0.15, 0.2) is 22.0 Å². The van der Waals surface area contributed by atoms with Crippen LogP contribution in [0.5, 0.6) is 0 Å². The van der Waals surface area contributed by atoms with Gasteiger partial charge in [0.05, 0.1) is 10.2 Å². The lowest BCUT2D eigenvalue weighted by molar-refractivity contribution is -0.153. The number of halogens is 2. The number of aliphatic imine (C=N–C) groups is 1. The zero-order chi connectivity index (χ0) is 16.2. The summed E-state index contributed by atoms with van der Waals surface area (Å²) < 4.78 is 18.9. The molecule has 0 N–H and O–H groups in total. The zero-order valence-corrected chi connectivity index (χ0v) is 14.5. The third kappa shape index (κ3) is 5.75. The maximum Gasteiger partial charge on any atom is 0.319 e. The summed E-state index contributed by atoms with van der Waals surface area (Å²) in [6.45, 7) is 7.07. The Morgan fingerprint density at radius 2 is 2.14 bits per heavy atom. The number of esters is 1. The Kier molecular flexibility index (Phi) is 6.35. The van der Waals surface area contributed by atoms with Crippen molar-refractivity contribution < 1.29 is 13.9 Å². The van der Waals surface area contributed by atoms with Crippen LogP contribution in [0.2, 0.25) is 5.02 Å². The lowest BCUT2D eigenvalue weighted by atomic mass is 10.2. The number of ether oxygens (including phenoxy) is 1. The van der Waals surface area contributed by atoms with Crippen LogP contribution < -0.4 is 0 Å². The van der Waals surface area contributed by atoms with Gasteiger partial charge in [-0.05, 0) is 52.0 Å². The van der Waals surface area contributed by atoms with E-state index in [4.69, 9.17) is 16.3 Å². The summed E-state index contributed by atoms with van der Waals surface area (Å²) in [5.41, 5.74) is -0.529. The molecule has 0 aliphatic carbocycles. The number of thioether (sulfide) groups is 1. The molecule has 1 atom stereocenters. The lowest BCUT2D eigenvalue weighted by Crippen LogP contribution is -2.28. The molecule has 0 saturated carbocycles. The molecule has 3 nitrogen and oxygen atoms in total. The fourth-order valence-electron chi connectivity index (χ4n) is 1.37. The van der Waals surface area contributed by atoms with Crippen LogP contribution in [0.25, 0.3) is 0 Å². The van der Waals surface area contributed by atoms with Crippen molar-refractivity contribution in [2.24, 2.45) is 4.99 Å². The third-order valence-electron chi connectivity index (χ3n) is 2.21. The zero-order valence-electron chi connectivity index (χ0n) is 12.1. The molecule has 1 aromatic rings. The van der Waals surface area contributed by atoms with E-state index in [1.165, 1.54) is 17.8 Å². The average molecular weight is 348 g/mol. The summed E-state index contributed by atoms with van der Waals surface area (Å²) in [5, 5.41) is 1.82. The van der Waals surface area contributed by atoms with Crippen LogP contribution in [-0.2, 0) is 9.53 Å². The normalized spacial score (nSPS) is 12.5. The summed E-state index contributed by atoms with van der Waals surface area (Å²) in [4.78, 5) is 16.1. The molecule has 21 heavy (non-hydrogen) atoms. The lowest BCUT2D eigenvalue weighted by Gasteiger charge is -2.22. The highest BCUT2D eigenvalue weighted by Gasteiger charge is 2.23. The number of carbonyl (C=O) groups excluding carboxylic acids is 1. The molecule has 1 unspecified atom stereocenters. The first kappa shape index (κ1) is 18.1. The molecule has 0 spiro atoms. The van der Waals surface area contributed by atoms with E-state index in [2.05, 4.69) is 22.4 Å². The van der Waals surface area contributed by atoms with Crippen molar-refractivity contribution in [1.82, 2.24) is 0 Å². The van der Waals surface area contributed by atoms with Crippen molar-refractivity contribution in [2.75, 3.05) is 0 Å². The first-order valence-corrected chi connectivity index (χ1v) is 7.77. The van der Waals surface area contributed by atoms with E-state index in [-0.39, 0.29) is 16.7 Å². The summed E-state index contributed by atoms with van der Waals surface area (Å²) in [5.74, 6) is -0.959. The number of nitrogens with zero attached hydrogens (tertiary/aromatic N) is 1. The highest BCUT2D eigenvalue weighted by atomic mass is 35.5. The summed E-state index contributed by atoms with van der Waals surface area (Å²) in [7, 11) is 0.